The van der Waals surface area contributed by atoms with Crippen molar-refractivity contribution in [1.82, 2.24) is 29.8 Å². The van der Waals surface area contributed by atoms with Crippen LogP contribution in [0.1, 0.15) is 63.7 Å². The van der Waals surface area contributed by atoms with E-state index in [1.54, 1.807) is 36.8 Å². The number of amides is 1. The van der Waals surface area contributed by atoms with Gasteiger partial charge in [0, 0.05) is 46.2 Å². The predicted molar refractivity (Wildman–Crippen MR) is 162 cm³/mol. The van der Waals surface area contributed by atoms with Crippen molar-refractivity contribution in [2.45, 2.75) is 77.2 Å². The molecule has 1 aliphatic rings. The lowest BCUT2D eigenvalue weighted by Gasteiger charge is -2.41. The van der Waals surface area contributed by atoms with Gasteiger partial charge in [0.25, 0.3) is 0 Å². The van der Waals surface area contributed by atoms with Gasteiger partial charge >= 0.3 is 12.7 Å². The molecule has 0 radical (unpaired) electrons. The number of hydrogen-bond donors (Lipinski definition) is 1. The SMILES string of the molecule is C=CCCc1nc2ncc(-c3cnc(C4(NC(=O)OC(C)(C)C)CCC4)nc3)cc2n1Cc1c(Br)cccc1OC(F)F. The van der Waals surface area contributed by atoms with Gasteiger partial charge in [0.15, 0.2) is 11.5 Å². The highest BCUT2D eigenvalue weighted by atomic mass is 79.9. The average Bonchev–Trinajstić information content (AvgIpc) is 3.26. The van der Waals surface area contributed by atoms with E-state index in [1.165, 1.54) is 6.07 Å². The molecule has 5 rings (SSSR count). The Hall–Kier alpha value is -3.93. The van der Waals surface area contributed by atoms with Crippen LogP contribution in [-0.2, 0) is 23.2 Å². The molecule has 0 saturated heterocycles. The number of alkyl halides is 2. The van der Waals surface area contributed by atoms with Gasteiger partial charge in [0.05, 0.1) is 12.1 Å². The molecule has 0 unspecified atom stereocenters. The van der Waals surface area contributed by atoms with Gasteiger partial charge in [-0.05, 0) is 64.7 Å². The highest BCUT2D eigenvalue weighted by Crippen LogP contribution is 2.40. The molecule has 1 saturated carbocycles. The number of carbonyl (C=O) groups excluding carboxylic acids is 1. The summed E-state index contributed by atoms with van der Waals surface area (Å²) in [4.78, 5) is 31.1. The van der Waals surface area contributed by atoms with E-state index in [9.17, 15) is 13.6 Å². The lowest BCUT2D eigenvalue weighted by atomic mass is 9.76. The summed E-state index contributed by atoms with van der Waals surface area (Å²) in [5.41, 5.74) is 2.02. The van der Waals surface area contributed by atoms with Gasteiger partial charge in [-0.15, -0.1) is 6.58 Å². The Bertz CT molecular complexity index is 1630. The van der Waals surface area contributed by atoms with Gasteiger partial charge in [-0.2, -0.15) is 8.78 Å². The zero-order valence-electron chi connectivity index (χ0n) is 24.2. The molecular weight excluding hydrogens is 622 g/mol. The molecule has 0 bridgehead atoms. The number of nitrogens with zero attached hydrogens (tertiary/aromatic N) is 5. The molecule has 0 atom stereocenters. The van der Waals surface area contributed by atoms with Crippen molar-refractivity contribution in [1.29, 1.82) is 0 Å². The fourth-order valence-electron chi connectivity index (χ4n) is 5.02. The molecule has 12 heteroatoms. The molecule has 0 spiro atoms. The second-order valence-corrected chi connectivity index (χ2v) is 12.3. The Morgan fingerprint density at radius 3 is 2.53 bits per heavy atom. The number of carbonyl (C=O) groups is 1. The lowest BCUT2D eigenvalue weighted by molar-refractivity contribution is -0.0505. The maximum atomic E-state index is 13.2. The number of allylic oxidation sites excluding steroid dienone is 1. The zero-order valence-corrected chi connectivity index (χ0v) is 25.8. The number of aryl methyl sites for hydroxylation is 1. The first-order valence-corrected chi connectivity index (χ1v) is 14.8. The maximum absolute atomic E-state index is 13.2. The minimum atomic E-state index is -2.96. The molecule has 43 heavy (non-hydrogen) atoms. The normalized spacial score (nSPS) is 14.4. The zero-order chi connectivity index (χ0) is 30.8. The lowest BCUT2D eigenvalue weighted by Crippen LogP contribution is -2.53. The van der Waals surface area contributed by atoms with Crippen molar-refractivity contribution < 1.29 is 23.0 Å². The van der Waals surface area contributed by atoms with Crippen LogP contribution in [0.15, 0.2) is 60.0 Å². The summed E-state index contributed by atoms with van der Waals surface area (Å²) in [7, 11) is 0. The molecule has 1 fully saturated rings. The van der Waals surface area contributed by atoms with Crippen molar-refractivity contribution in [3.63, 3.8) is 0 Å². The smallest absolute Gasteiger partial charge is 0.408 e. The third-order valence-corrected chi connectivity index (χ3v) is 7.97. The van der Waals surface area contributed by atoms with Crippen LogP contribution in [0.3, 0.4) is 0 Å². The van der Waals surface area contributed by atoms with Crippen molar-refractivity contribution >= 4 is 33.2 Å². The van der Waals surface area contributed by atoms with Crippen LogP contribution in [0.2, 0.25) is 0 Å². The predicted octanol–water partition coefficient (Wildman–Crippen LogP) is 7.32. The molecule has 1 N–H and O–H groups in total. The van der Waals surface area contributed by atoms with Crippen LogP contribution in [0.5, 0.6) is 5.75 Å². The first-order chi connectivity index (χ1) is 20.5. The molecule has 0 aliphatic heterocycles. The first-order valence-electron chi connectivity index (χ1n) is 14.0. The van der Waals surface area contributed by atoms with Gasteiger partial charge in [-0.1, -0.05) is 28.1 Å². The summed E-state index contributed by atoms with van der Waals surface area (Å²) < 4.78 is 39.3. The Labute approximate surface area is 256 Å². The maximum Gasteiger partial charge on any atom is 0.408 e. The Kier molecular flexibility index (Phi) is 8.77. The van der Waals surface area contributed by atoms with E-state index >= 15 is 0 Å². The van der Waals surface area contributed by atoms with E-state index in [1.807, 2.05) is 31.4 Å². The average molecular weight is 656 g/mol. The third-order valence-electron chi connectivity index (χ3n) is 7.23. The number of hydrogen-bond acceptors (Lipinski definition) is 7. The molecule has 9 nitrogen and oxygen atoms in total. The van der Waals surface area contributed by atoms with E-state index in [0.29, 0.717) is 34.3 Å². The Balaban J connectivity index is 1.48. The number of halogens is 3. The number of pyridine rings is 1. The van der Waals surface area contributed by atoms with Crippen LogP contribution in [0.4, 0.5) is 13.6 Å². The minimum absolute atomic E-state index is 0.0823. The molecule has 3 aromatic heterocycles. The van der Waals surface area contributed by atoms with Crippen molar-refractivity contribution in [3.8, 4) is 16.9 Å². The fourth-order valence-corrected chi connectivity index (χ4v) is 5.50. The first kappa shape index (κ1) is 30.5. The van der Waals surface area contributed by atoms with E-state index < -0.39 is 23.8 Å². The Morgan fingerprint density at radius 1 is 1.19 bits per heavy atom. The highest BCUT2D eigenvalue weighted by Gasteiger charge is 2.43. The molecule has 3 heterocycles. The van der Waals surface area contributed by atoms with Crippen molar-refractivity contribution in [2.24, 2.45) is 0 Å². The number of ether oxygens (including phenoxy) is 2. The minimum Gasteiger partial charge on any atom is -0.444 e. The summed E-state index contributed by atoms with van der Waals surface area (Å²) in [5, 5.41) is 2.98. The number of fused-ring (bicyclic) bond motifs is 1. The molecule has 1 aromatic carbocycles. The van der Waals surface area contributed by atoms with Crippen molar-refractivity contribution in [3.05, 3.63) is 77.2 Å². The number of benzene rings is 1. The third kappa shape index (κ3) is 6.84. The molecule has 1 aliphatic carbocycles. The number of nitrogens with one attached hydrogen (secondary N) is 1. The summed E-state index contributed by atoms with van der Waals surface area (Å²) in [6.07, 6.45) is 10.1. The molecule has 226 valence electrons. The highest BCUT2D eigenvalue weighted by molar-refractivity contribution is 9.10. The van der Waals surface area contributed by atoms with Gasteiger partial charge < -0.3 is 19.4 Å². The number of aromatic nitrogens is 5. The summed E-state index contributed by atoms with van der Waals surface area (Å²) in [5.74, 6) is 1.35. The fraction of sp³-hybridized carbons (Fsp3) is 0.387. The van der Waals surface area contributed by atoms with Gasteiger partial charge in [0.1, 0.15) is 22.7 Å². The van der Waals surface area contributed by atoms with Gasteiger partial charge in [0.2, 0.25) is 0 Å². The molecule has 1 amide bonds. The monoisotopic (exact) mass is 654 g/mol. The molecule has 4 aromatic rings. The van der Waals surface area contributed by atoms with Crippen molar-refractivity contribution in [2.75, 3.05) is 0 Å². The standard InChI is InChI=1S/C31H33BrF2N6O3/c1-5-6-11-25-38-26-23(40(25)18-21-22(32)9-7-10-24(21)42-28(33)34)14-19(15-35-26)20-16-36-27(37-17-20)31(12-8-13-31)39-29(41)43-30(2,3)4/h5,7,9-10,14-17,28H,1,6,8,11-13,18H2,2-4H3,(H,39,41). The van der Waals surface area contributed by atoms with E-state index in [2.05, 4.69) is 42.8 Å². The quantitative estimate of drug-likeness (QED) is 0.179. The number of alkyl carbamates (subject to hydrolysis) is 1. The topological polar surface area (TPSA) is 104 Å². The van der Waals surface area contributed by atoms with E-state index in [-0.39, 0.29) is 12.3 Å². The number of imidazole rings is 1. The Morgan fingerprint density at radius 2 is 1.91 bits per heavy atom. The summed E-state index contributed by atoms with van der Waals surface area (Å²) in [6.45, 7) is 6.54. The summed E-state index contributed by atoms with van der Waals surface area (Å²) in [6, 6.07) is 6.89. The van der Waals surface area contributed by atoms with Crippen LogP contribution in [-0.4, -0.2) is 42.8 Å². The van der Waals surface area contributed by atoms with Crippen LogP contribution >= 0.6 is 15.9 Å². The summed E-state index contributed by atoms with van der Waals surface area (Å²) >= 11 is 3.50. The van der Waals surface area contributed by atoms with Gasteiger partial charge in [-0.3, -0.25) is 0 Å². The largest absolute Gasteiger partial charge is 0.444 e. The number of rotatable bonds is 10. The van der Waals surface area contributed by atoms with E-state index in [4.69, 9.17) is 14.5 Å². The van der Waals surface area contributed by atoms with Crippen LogP contribution < -0.4 is 10.1 Å². The van der Waals surface area contributed by atoms with Crippen LogP contribution in [0.25, 0.3) is 22.3 Å². The second-order valence-electron chi connectivity index (χ2n) is 11.5. The van der Waals surface area contributed by atoms with Gasteiger partial charge in [-0.25, -0.2) is 24.7 Å². The molecular formula is C31H33BrF2N6O3. The van der Waals surface area contributed by atoms with E-state index in [0.717, 1.165) is 41.7 Å². The van der Waals surface area contributed by atoms with Crippen LogP contribution in [0, 0.1) is 0 Å². The second kappa shape index (κ2) is 12.4.